The summed E-state index contributed by atoms with van der Waals surface area (Å²) in [6, 6.07) is 19.8. The third-order valence-electron chi connectivity index (χ3n) is 4.26. The molecule has 0 bridgehead atoms. The molecule has 0 spiro atoms. The zero-order valence-electron chi connectivity index (χ0n) is 17.0. The van der Waals surface area contributed by atoms with E-state index in [9.17, 15) is 18.8 Å². The smallest absolute Gasteiger partial charge is 0.328 e. The van der Waals surface area contributed by atoms with E-state index in [2.05, 4.69) is 10.6 Å². The number of carbonyl (C=O) groups excluding carboxylic acids is 2. The molecule has 0 aromatic heterocycles. The Morgan fingerprint density at radius 3 is 2.33 bits per heavy atom. The molecule has 1 atom stereocenters. The van der Waals surface area contributed by atoms with E-state index in [1.54, 1.807) is 24.3 Å². The van der Waals surface area contributed by atoms with Gasteiger partial charge in [-0.1, -0.05) is 48.0 Å². The largest absolute Gasteiger partial charge is 0.478 e. The molecule has 0 fully saturated rings. The molecule has 3 aromatic carbocycles. The maximum Gasteiger partial charge on any atom is 0.328 e. The second kappa shape index (κ2) is 11.3. The lowest BCUT2D eigenvalue weighted by atomic mass is 10.1. The number of nitrogens with one attached hydrogen (secondary N) is 2. The summed E-state index contributed by atoms with van der Waals surface area (Å²) in [5.74, 6) is -2.74. The fourth-order valence-corrected chi connectivity index (χ4v) is 4.06. The van der Waals surface area contributed by atoms with Crippen LogP contribution in [-0.4, -0.2) is 22.9 Å². The van der Waals surface area contributed by atoms with E-state index in [0.717, 1.165) is 17.7 Å². The first-order valence-corrected chi connectivity index (χ1v) is 10.9. The minimum atomic E-state index is -1.23. The molecule has 0 aliphatic rings. The minimum absolute atomic E-state index is 0.0999. The van der Waals surface area contributed by atoms with Crippen molar-refractivity contribution in [2.45, 2.75) is 10.1 Å². The van der Waals surface area contributed by atoms with Crippen molar-refractivity contribution in [3.8, 4) is 0 Å². The molecule has 3 rings (SSSR count). The van der Waals surface area contributed by atoms with Gasteiger partial charge in [0.15, 0.2) is 0 Å². The number of hydrogen-bond acceptors (Lipinski definition) is 4. The van der Waals surface area contributed by atoms with E-state index in [4.69, 9.17) is 16.7 Å². The number of thioether (sulfide) groups is 1. The van der Waals surface area contributed by atoms with Gasteiger partial charge in [-0.2, -0.15) is 0 Å². The van der Waals surface area contributed by atoms with E-state index < -0.39 is 22.9 Å². The standard InChI is InChI=1S/C24H18ClFN2O4S/c25-19-14-17(9-10-20(19)26)28-24(32)23(15-5-2-1-3-6-15)33-18-8-4-7-16(13-18)27-21(29)11-12-22(30)31/h1-14,23H,(H,27,29)(H,28,32)(H,30,31)/b12-11+. The van der Waals surface area contributed by atoms with Gasteiger partial charge in [-0.05, 0) is 42.0 Å². The Hall–Kier alpha value is -3.62. The van der Waals surface area contributed by atoms with Crippen LogP contribution in [0, 0.1) is 5.82 Å². The summed E-state index contributed by atoms with van der Waals surface area (Å²) >= 11 is 7.07. The molecule has 0 saturated heterocycles. The van der Waals surface area contributed by atoms with Crippen LogP contribution in [-0.2, 0) is 14.4 Å². The lowest BCUT2D eigenvalue weighted by molar-refractivity contribution is -0.131. The fourth-order valence-electron chi connectivity index (χ4n) is 2.80. The van der Waals surface area contributed by atoms with Crippen LogP contribution in [0.25, 0.3) is 0 Å². The Morgan fingerprint density at radius 1 is 0.909 bits per heavy atom. The molecular formula is C24H18ClFN2O4S. The maximum absolute atomic E-state index is 13.5. The number of anilines is 2. The van der Waals surface area contributed by atoms with Crippen molar-refractivity contribution < 1.29 is 23.9 Å². The van der Waals surface area contributed by atoms with Gasteiger partial charge in [0.2, 0.25) is 11.8 Å². The lowest BCUT2D eigenvalue weighted by Gasteiger charge is -2.18. The van der Waals surface area contributed by atoms with Crippen molar-refractivity contribution in [3.63, 3.8) is 0 Å². The molecular weight excluding hydrogens is 467 g/mol. The van der Waals surface area contributed by atoms with Crippen LogP contribution in [0.1, 0.15) is 10.8 Å². The average molecular weight is 485 g/mol. The van der Waals surface area contributed by atoms with Crippen molar-refractivity contribution in [3.05, 3.63) is 101 Å². The molecule has 3 N–H and O–H groups in total. The lowest BCUT2D eigenvalue weighted by Crippen LogP contribution is -2.19. The van der Waals surface area contributed by atoms with Gasteiger partial charge in [-0.25, -0.2) is 9.18 Å². The van der Waals surface area contributed by atoms with Gasteiger partial charge in [0.05, 0.1) is 5.02 Å². The van der Waals surface area contributed by atoms with E-state index in [0.29, 0.717) is 16.3 Å². The Kier molecular flexibility index (Phi) is 8.23. The number of halogens is 2. The van der Waals surface area contributed by atoms with Crippen molar-refractivity contribution in [2.75, 3.05) is 10.6 Å². The number of benzene rings is 3. The summed E-state index contributed by atoms with van der Waals surface area (Å²) in [6.07, 6.45) is 1.65. The molecule has 1 unspecified atom stereocenters. The van der Waals surface area contributed by atoms with E-state index >= 15 is 0 Å². The molecule has 9 heteroatoms. The second-order valence-electron chi connectivity index (χ2n) is 6.72. The summed E-state index contributed by atoms with van der Waals surface area (Å²) in [7, 11) is 0. The normalized spacial score (nSPS) is 11.7. The molecule has 3 aromatic rings. The third kappa shape index (κ3) is 7.20. The zero-order chi connectivity index (χ0) is 23.8. The van der Waals surface area contributed by atoms with Crippen LogP contribution in [0.3, 0.4) is 0 Å². The van der Waals surface area contributed by atoms with Crippen LogP contribution >= 0.6 is 23.4 Å². The van der Waals surface area contributed by atoms with E-state index in [1.165, 1.54) is 30.0 Å². The first-order chi connectivity index (χ1) is 15.8. The molecule has 2 amide bonds. The SMILES string of the molecule is O=C(O)/C=C/C(=O)Nc1cccc(SC(C(=O)Nc2ccc(F)c(Cl)c2)c2ccccc2)c1. The molecule has 0 saturated carbocycles. The monoisotopic (exact) mass is 484 g/mol. The Morgan fingerprint density at radius 2 is 1.64 bits per heavy atom. The number of carboxylic acid groups (broad SMARTS) is 1. The van der Waals surface area contributed by atoms with Crippen molar-refractivity contribution in [2.24, 2.45) is 0 Å². The highest BCUT2D eigenvalue weighted by atomic mass is 35.5. The van der Waals surface area contributed by atoms with Crippen LogP contribution < -0.4 is 10.6 Å². The van der Waals surface area contributed by atoms with Gasteiger partial charge in [0, 0.05) is 28.4 Å². The number of carboxylic acids is 1. The average Bonchev–Trinajstić information content (AvgIpc) is 2.79. The van der Waals surface area contributed by atoms with Crippen molar-refractivity contribution in [1.82, 2.24) is 0 Å². The predicted octanol–water partition coefficient (Wildman–Crippen LogP) is 5.53. The number of carbonyl (C=O) groups is 3. The van der Waals surface area contributed by atoms with Gasteiger partial charge >= 0.3 is 5.97 Å². The Bertz CT molecular complexity index is 1200. The first kappa shape index (κ1) is 24.0. The predicted molar refractivity (Wildman–Crippen MR) is 127 cm³/mol. The summed E-state index contributed by atoms with van der Waals surface area (Å²) in [5, 5.41) is 13.2. The second-order valence-corrected chi connectivity index (χ2v) is 8.30. The summed E-state index contributed by atoms with van der Waals surface area (Å²) in [6.45, 7) is 0. The quantitative estimate of drug-likeness (QED) is 0.288. The topological polar surface area (TPSA) is 95.5 Å². The zero-order valence-corrected chi connectivity index (χ0v) is 18.6. The maximum atomic E-state index is 13.5. The van der Waals surface area contributed by atoms with Gasteiger partial charge in [-0.3, -0.25) is 9.59 Å². The minimum Gasteiger partial charge on any atom is -0.478 e. The molecule has 0 aliphatic heterocycles. The number of aliphatic carboxylic acids is 1. The molecule has 33 heavy (non-hydrogen) atoms. The van der Waals surface area contributed by atoms with E-state index in [-0.39, 0.29) is 10.9 Å². The van der Waals surface area contributed by atoms with Gasteiger partial charge < -0.3 is 15.7 Å². The van der Waals surface area contributed by atoms with Crippen LogP contribution in [0.2, 0.25) is 5.02 Å². The first-order valence-electron chi connectivity index (χ1n) is 9.61. The highest BCUT2D eigenvalue weighted by Gasteiger charge is 2.22. The molecule has 0 heterocycles. The van der Waals surface area contributed by atoms with Crippen LogP contribution in [0.15, 0.2) is 89.8 Å². The highest BCUT2D eigenvalue weighted by Crippen LogP contribution is 2.37. The number of amides is 2. The highest BCUT2D eigenvalue weighted by molar-refractivity contribution is 8.00. The van der Waals surface area contributed by atoms with Gasteiger partial charge in [-0.15, -0.1) is 11.8 Å². The molecule has 0 radical (unpaired) electrons. The summed E-state index contributed by atoms with van der Waals surface area (Å²) in [5.41, 5.74) is 1.55. The third-order valence-corrected chi connectivity index (χ3v) is 5.80. The number of hydrogen-bond donors (Lipinski definition) is 3. The van der Waals surface area contributed by atoms with Gasteiger partial charge in [0.25, 0.3) is 0 Å². The van der Waals surface area contributed by atoms with Crippen LogP contribution in [0.5, 0.6) is 0 Å². The van der Waals surface area contributed by atoms with Crippen molar-refractivity contribution in [1.29, 1.82) is 0 Å². The van der Waals surface area contributed by atoms with E-state index in [1.807, 2.05) is 30.3 Å². The molecule has 6 nitrogen and oxygen atoms in total. The van der Waals surface area contributed by atoms with Crippen molar-refractivity contribution >= 4 is 52.5 Å². The van der Waals surface area contributed by atoms with Crippen LogP contribution in [0.4, 0.5) is 15.8 Å². The summed E-state index contributed by atoms with van der Waals surface area (Å²) in [4.78, 5) is 36.2. The molecule has 168 valence electrons. The summed E-state index contributed by atoms with van der Waals surface area (Å²) < 4.78 is 13.5. The molecule has 0 aliphatic carbocycles. The number of rotatable bonds is 8. The Balaban J connectivity index is 1.81. The van der Waals surface area contributed by atoms with Gasteiger partial charge in [0.1, 0.15) is 11.1 Å². The Labute approximate surface area is 198 Å². The fraction of sp³-hybridized carbons (Fsp3) is 0.0417.